The van der Waals surface area contributed by atoms with Gasteiger partial charge < -0.3 is 4.74 Å². The summed E-state index contributed by atoms with van der Waals surface area (Å²) in [5.41, 5.74) is 1.26. The molecule has 2 aliphatic heterocycles. The Morgan fingerprint density at radius 3 is 2.86 bits per heavy atom. The van der Waals surface area contributed by atoms with Gasteiger partial charge in [-0.1, -0.05) is 30.3 Å². The van der Waals surface area contributed by atoms with Crippen LogP contribution in [0.3, 0.4) is 0 Å². The summed E-state index contributed by atoms with van der Waals surface area (Å²) in [5.74, 6) is 0.388. The van der Waals surface area contributed by atoms with Gasteiger partial charge in [-0.15, -0.1) is 0 Å². The molecule has 2 saturated heterocycles. The summed E-state index contributed by atoms with van der Waals surface area (Å²) in [7, 11) is 0. The predicted octanol–water partition coefficient (Wildman–Crippen LogP) is 3.12. The Morgan fingerprint density at radius 1 is 1.43 bits per heavy atom. The maximum atomic E-state index is 11.5. The molecule has 0 amide bonds. The molecule has 2 heterocycles. The first-order valence-corrected chi connectivity index (χ1v) is 7.47. The zero-order valence-corrected chi connectivity index (χ0v) is 12.0. The van der Waals surface area contributed by atoms with Gasteiger partial charge in [-0.05, 0) is 42.9 Å². The fourth-order valence-electron chi connectivity index (χ4n) is 4.67. The number of benzene rings is 1. The summed E-state index contributed by atoms with van der Waals surface area (Å²) in [6, 6.07) is 12.8. The summed E-state index contributed by atoms with van der Waals surface area (Å²) < 4.78 is 6.39. The molecular formula is C18H17NO2. The van der Waals surface area contributed by atoms with E-state index in [0.29, 0.717) is 12.3 Å². The van der Waals surface area contributed by atoms with E-state index in [-0.39, 0.29) is 17.5 Å². The quantitative estimate of drug-likeness (QED) is 0.781. The van der Waals surface area contributed by atoms with Crippen molar-refractivity contribution in [1.82, 2.24) is 0 Å². The van der Waals surface area contributed by atoms with Gasteiger partial charge in [0.15, 0.2) is 5.78 Å². The van der Waals surface area contributed by atoms with Gasteiger partial charge >= 0.3 is 0 Å². The minimum Gasteiger partial charge on any atom is -0.362 e. The summed E-state index contributed by atoms with van der Waals surface area (Å²) in [4.78, 5) is 11.5. The Hall–Kier alpha value is -1.92. The predicted molar refractivity (Wildman–Crippen MR) is 77.1 cm³/mol. The molecular weight excluding hydrogens is 262 g/mol. The molecule has 5 rings (SSSR count). The van der Waals surface area contributed by atoms with Gasteiger partial charge in [-0.2, -0.15) is 5.26 Å². The monoisotopic (exact) mass is 279 g/mol. The van der Waals surface area contributed by atoms with Crippen LogP contribution in [0.4, 0.5) is 0 Å². The van der Waals surface area contributed by atoms with Gasteiger partial charge in [-0.3, -0.25) is 4.79 Å². The van der Waals surface area contributed by atoms with E-state index in [0.717, 1.165) is 18.4 Å². The molecule has 3 heteroatoms. The van der Waals surface area contributed by atoms with Gasteiger partial charge in [0.05, 0.1) is 23.2 Å². The summed E-state index contributed by atoms with van der Waals surface area (Å²) in [6.07, 6.45) is 4.00. The van der Waals surface area contributed by atoms with Gasteiger partial charge in [0.25, 0.3) is 0 Å². The molecule has 4 atom stereocenters. The molecule has 0 radical (unpaired) electrons. The van der Waals surface area contributed by atoms with Crippen LogP contribution in [0.1, 0.15) is 31.7 Å². The van der Waals surface area contributed by atoms with Gasteiger partial charge in [0, 0.05) is 6.42 Å². The van der Waals surface area contributed by atoms with Crippen molar-refractivity contribution in [2.24, 2.45) is 11.3 Å². The highest BCUT2D eigenvalue weighted by atomic mass is 16.5. The molecule has 1 aromatic carbocycles. The van der Waals surface area contributed by atoms with Crippen LogP contribution in [0.15, 0.2) is 42.0 Å². The first-order valence-electron chi connectivity index (χ1n) is 7.47. The normalized spacial score (nSPS) is 41.4. The van der Waals surface area contributed by atoms with Crippen molar-refractivity contribution in [2.45, 2.75) is 37.9 Å². The number of rotatable bonds is 2. The standard InChI is InChI=1S/C18H17NO2/c1-12(20)7-15-16-8-14-9-17(15,11-19)10-18(14,21-16)13-5-3-2-4-6-13/h2-7,14,16H,8-10H2,1H3/b15-7+. The summed E-state index contributed by atoms with van der Waals surface area (Å²) in [6.45, 7) is 1.54. The third-order valence-electron chi connectivity index (χ3n) is 5.40. The number of nitrogens with zero attached hydrogens (tertiary/aromatic N) is 1. The Bertz CT molecular complexity index is 687. The van der Waals surface area contributed by atoms with Crippen molar-refractivity contribution in [2.75, 3.05) is 0 Å². The number of ketones is 1. The zero-order valence-electron chi connectivity index (χ0n) is 12.0. The molecule has 2 saturated carbocycles. The Labute approximate surface area is 124 Å². The maximum Gasteiger partial charge on any atom is 0.152 e. The average molecular weight is 279 g/mol. The second-order valence-electron chi connectivity index (χ2n) is 6.58. The van der Waals surface area contributed by atoms with E-state index in [1.54, 1.807) is 13.0 Å². The van der Waals surface area contributed by atoms with Crippen molar-refractivity contribution < 1.29 is 9.53 Å². The fourth-order valence-corrected chi connectivity index (χ4v) is 4.67. The number of nitriles is 1. The van der Waals surface area contributed by atoms with E-state index in [1.807, 2.05) is 18.2 Å². The lowest BCUT2D eigenvalue weighted by atomic mass is 9.71. The number of carbonyl (C=O) groups excluding carboxylic acids is 1. The molecule has 0 spiro atoms. The van der Waals surface area contributed by atoms with Crippen LogP contribution < -0.4 is 0 Å². The number of hydrogen-bond donors (Lipinski definition) is 0. The molecule has 4 unspecified atom stereocenters. The molecule has 1 aromatic rings. The zero-order chi connectivity index (χ0) is 14.7. The number of hydrogen-bond acceptors (Lipinski definition) is 3. The summed E-state index contributed by atoms with van der Waals surface area (Å²) in [5, 5.41) is 9.79. The molecule has 3 nitrogen and oxygen atoms in total. The van der Waals surface area contributed by atoms with Crippen molar-refractivity contribution in [1.29, 1.82) is 5.26 Å². The van der Waals surface area contributed by atoms with Crippen molar-refractivity contribution in [3.8, 4) is 6.07 Å². The van der Waals surface area contributed by atoms with Crippen molar-refractivity contribution in [3.63, 3.8) is 0 Å². The van der Waals surface area contributed by atoms with Crippen LogP contribution in [0, 0.1) is 22.7 Å². The van der Waals surface area contributed by atoms with E-state index < -0.39 is 5.41 Å². The SMILES string of the molecule is CC(=O)/C=C1\C2CC3CC1(C#N)CC3(c1ccccc1)O2. The molecule has 4 fully saturated rings. The van der Waals surface area contributed by atoms with Crippen LogP contribution >= 0.6 is 0 Å². The highest BCUT2D eigenvalue weighted by molar-refractivity contribution is 5.88. The van der Waals surface area contributed by atoms with E-state index in [9.17, 15) is 10.1 Å². The van der Waals surface area contributed by atoms with Crippen LogP contribution in [0.5, 0.6) is 0 Å². The Morgan fingerprint density at radius 2 is 2.19 bits per heavy atom. The van der Waals surface area contributed by atoms with Gasteiger partial charge in [0.1, 0.15) is 0 Å². The van der Waals surface area contributed by atoms with Crippen LogP contribution in [-0.2, 0) is 15.1 Å². The lowest BCUT2D eigenvalue weighted by molar-refractivity contribution is -0.113. The second-order valence-corrected chi connectivity index (χ2v) is 6.58. The van der Waals surface area contributed by atoms with E-state index >= 15 is 0 Å². The van der Waals surface area contributed by atoms with Crippen LogP contribution in [-0.4, -0.2) is 11.9 Å². The minimum atomic E-state index is -0.507. The smallest absolute Gasteiger partial charge is 0.152 e. The fraction of sp³-hybridized carbons (Fsp3) is 0.444. The van der Waals surface area contributed by atoms with E-state index in [1.165, 1.54) is 5.56 Å². The number of carbonyl (C=O) groups is 1. The first kappa shape index (κ1) is 12.8. The second kappa shape index (κ2) is 4.05. The molecule has 4 aliphatic rings. The molecule has 0 N–H and O–H groups in total. The van der Waals surface area contributed by atoms with Crippen LogP contribution in [0.2, 0.25) is 0 Å². The molecule has 106 valence electrons. The maximum absolute atomic E-state index is 11.5. The third-order valence-corrected chi connectivity index (χ3v) is 5.40. The molecule has 4 bridgehead atoms. The van der Waals surface area contributed by atoms with E-state index in [2.05, 4.69) is 18.2 Å². The van der Waals surface area contributed by atoms with Gasteiger partial charge in [0.2, 0.25) is 0 Å². The number of allylic oxidation sites excluding steroid dienone is 1. The first-order chi connectivity index (χ1) is 10.1. The Kier molecular flexibility index (Phi) is 2.47. The highest BCUT2D eigenvalue weighted by Crippen LogP contribution is 2.69. The minimum absolute atomic E-state index is 0.00536. The van der Waals surface area contributed by atoms with Crippen LogP contribution in [0.25, 0.3) is 0 Å². The van der Waals surface area contributed by atoms with Crippen molar-refractivity contribution in [3.05, 3.63) is 47.5 Å². The topological polar surface area (TPSA) is 50.1 Å². The molecule has 2 aliphatic carbocycles. The Balaban J connectivity index is 1.84. The highest BCUT2D eigenvalue weighted by Gasteiger charge is 2.68. The summed E-state index contributed by atoms with van der Waals surface area (Å²) >= 11 is 0. The average Bonchev–Trinajstić information content (AvgIpc) is 2.92. The lowest BCUT2D eigenvalue weighted by Crippen LogP contribution is -2.39. The molecule has 0 aromatic heterocycles. The number of ether oxygens (including phenoxy) is 1. The van der Waals surface area contributed by atoms with Gasteiger partial charge in [-0.25, -0.2) is 0 Å². The molecule has 21 heavy (non-hydrogen) atoms. The van der Waals surface area contributed by atoms with Crippen molar-refractivity contribution >= 4 is 5.78 Å². The third kappa shape index (κ3) is 1.54. The lowest BCUT2D eigenvalue weighted by Gasteiger charge is -2.39. The largest absolute Gasteiger partial charge is 0.362 e. The van der Waals surface area contributed by atoms with E-state index in [4.69, 9.17) is 4.74 Å².